The molecule has 0 spiro atoms. The van der Waals surface area contributed by atoms with E-state index in [1.54, 1.807) is 12.1 Å². The number of hydrogen-bond donors (Lipinski definition) is 1. The fourth-order valence-corrected chi connectivity index (χ4v) is 2.73. The van der Waals surface area contributed by atoms with Crippen molar-refractivity contribution in [1.29, 1.82) is 0 Å². The molecule has 15 heavy (non-hydrogen) atoms. The van der Waals surface area contributed by atoms with Crippen LogP contribution in [0.5, 0.6) is 0 Å². The van der Waals surface area contributed by atoms with Gasteiger partial charge >= 0.3 is 0 Å². The van der Waals surface area contributed by atoms with Gasteiger partial charge in [-0.25, -0.2) is 4.39 Å². The van der Waals surface area contributed by atoms with E-state index < -0.39 is 0 Å². The Labute approximate surface area is 89.1 Å². The zero-order valence-electron chi connectivity index (χ0n) is 8.62. The fraction of sp³-hybridized carbons (Fsp3) is 0.500. The molecule has 2 saturated heterocycles. The van der Waals surface area contributed by atoms with E-state index in [0.29, 0.717) is 6.04 Å². The smallest absolute Gasteiger partial charge is 0.125 e. The first-order valence-corrected chi connectivity index (χ1v) is 5.57. The molecule has 0 amide bonds. The van der Waals surface area contributed by atoms with Gasteiger partial charge in [-0.2, -0.15) is 0 Å². The fourth-order valence-electron chi connectivity index (χ4n) is 2.73. The van der Waals surface area contributed by atoms with E-state index in [4.69, 9.17) is 0 Å². The van der Waals surface area contributed by atoms with Gasteiger partial charge in [0.2, 0.25) is 0 Å². The summed E-state index contributed by atoms with van der Waals surface area (Å²) in [6.07, 6.45) is 1.26. The second-order valence-electron chi connectivity index (χ2n) is 4.49. The number of halogens is 1. The highest BCUT2D eigenvalue weighted by Crippen LogP contribution is 2.28. The molecule has 3 heteroatoms. The van der Waals surface area contributed by atoms with Crippen LogP contribution in [0.3, 0.4) is 0 Å². The Balaban J connectivity index is 1.79. The van der Waals surface area contributed by atoms with Gasteiger partial charge in [0, 0.05) is 24.8 Å². The van der Waals surface area contributed by atoms with Gasteiger partial charge < -0.3 is 10.2 Å². The minimum Gasteiger partial charge on any atom is -0.370 e. The first-order valence-electron chi connectivity index (χ1n) is 5.57. The van der Waals surface area contributed by atoms with Gasteiger partial charge in [0.1, 0.15) is 5.82 Å². The van der Waals surface area contributed by atoms with Gasteiger partial charge in [0.15, 0.2) is 0 Å². The van der Waals surface area contributed by atoms with Gasteiger partial charge in [-0.15, -0.1) is 0 Å². The summed E-state index contributed by atoms with van der Waals surface area (Å²) in [7, 11) is 0. The minimum absolute atomic E-state index is 0.141. The second-order valence-corrected chi connectivity index (χ2v) is 4.49. The summed E-state index contributed by atoms with van der Waals surface area (Å²) in [5, 5.41) is 3.50. The number of nitrogens with one attached hydrogen (secondary N) is 1. The molecule has 2 aliphatic heterocycles. The molecule has 0 unspecified atom stereocenters. The summed E-state index contributed by atoms with van der Waals surface area (Å²) in [5.41, 5.74) is 1.02. The monoisotopic (exact) mass is 206 g/mol. The molecular formula is C12H15FN2. The normalized spacial score (nSPS) is 29.5. The first kappa shape index (κ1) is 9.16. The molecule has 0 aromatic heterocycles. The van der Waals surface area contributed by atoms with Crippen LogP contribution >= 0.6 is 0 Å². The zero-order valence-corrected chi connectivity index (χ0v) is 8.62. The maximum atomic E-state index is 13.1. The molecule has 0 aliphatic carbocycles. The maximum Gasteiger partial charge on any atom is 0.125 e. The average molecular weight is 206 g/mol. The molecule has 0 radical (unpaired) electrons. The molecule has 2 heterocycles. The predicted molar refractivity (Wildman–Crippen MR) is 58.5 cm³/mol. The van der Waals surface area contributed by atoms with E-state index in [2.05, 4.69) is 10.2 Å². The third-order valence-electron chi connectivity index (χ3n) is 3.54. The predicted octanol–water partition coefficient (Wildman–Crippen LogP) is 1.62. The molecule has 2 fully saturated rings. The lowest BCUT2D eigenvalue weighted by atomic mass is 10.1. The molecule has 80 valence electrons. The SMILES string of the molecule is Fc1cccc(N2C[C@H]3CCN[C@H]3C2)c1. The third kappa shape index (κ3) is 1.61. The summed E-state index contributed by atoms with van der Waals surface area (Å²) in [4.78, 5) is 2.28. The molecule has 2 nitrogen and oxygen atoms in total. The Morgan fingerprint density at radius 3 is 3.07 bits per heavy atom. The van der Waals surface area contributed by atoms with Crippen molar-refractivity contribution in [3.63, 3.8) is 0 Å². The van der Waals surface area contributed by atoms with Crippen molar-refractivity contribution in [1.82, 2.24) is 5.32 Å². The highest BCUT2D eigenvalue weighted by molar-refractivity contribution is 5.48. The number of rotatable bonds is 1. The molecule has 0 saturated carbocycles. The molecule has 2 aliphatic rings. The molecular weight excluding hydrogens is 191 g/mol. The largest absolute Gasteiger partial charge is 0.370 e. The molecule has 2 atom stereocenters. The van der Waals surface area contributed by atoms with Crippen molar-refractivity contribution in [3.8, 4) is 0 Å². The van der Waals surface area contributed by atoms with Crippen LogP contribution < -0.4 is 10.2 Å². The van der Waals surface area contributed by atoms with Gasteiger partial charge in [-0.3, -0.25) is 0 Å². The van der Waals surface area contributed by atoms with Crippen LogP contribution in [0, 0.1) is 11.7 Å². The van der Waals surface area contributed by atoms with Crippen molar-refractivity contribution in [3.05, 3.63) is 30.1 Å². The van der Waals surface area contributed by atoms with Crippen LogP contribution in [-0.2, 0) is 0 Å². The van der Waals surface area contributed by atoms with E-state index in [1.165, 1.54) is 12.5 Å². The number of fused-ring (bicyclic) bond motifs is 1. The Bertz CT molecular complexity index is 354. The summed E-state index contributed by atoms with van der Waals surface area (Å²) in [6, 6.07) is 7.52. The first-order chi connectivity index (χ1) is 7.33. The number of benzene rings is 1. The van der Waals surface area contributed by atoms with Crippen molar-refractivity contribution in [2.24, 2.45) is 5.92 Å². The van der Waals surface area contributed by atoms with E-state index in [9.17, 15) is 4.39 Å². The summed E-state index contributed by atoms with van der Waals surface area (Å²) >= 11 is 0. The number of hydrogen-bond acceptors (Lipinski definition) is 2. The topological polar surface area (TPSA) is 15.3 Å². The van der Waals surface area contributed by atoms with Gasteiger partial charge in [0.25, 0.3) is 0 Å². The molecule has 1 aromatic carbocycles. The Morgan fingerprint density at radius 1 is 1.33 bits per heavy atom. The minimum atomic E-state index is -0.141. The van der Waals surface area contributed by atoms with Crippen LogP contribution in [0.4, 0.5) is 10.1 Å². The lowest BCUT2D eigenvalue weighted by Gasteiger charge is -2.19. The van der Waals surface area contributed by atoms with Crippen molar-refractivity contribution in [2.45, 2.75) is 12.5 Å². The van der Waals surface area contributed by atoms with Crippen LogP contribution in [0.15, 0.2) is 24.3 Å². The molecule has 0 bridgehead atoms. The maximum absolute atomic E-state index is 13.1. The van der Waals surface area contributed by atoms with Gasteiger partial charge in [-0.1, -0.05) is 6.07 Å². The number of nitrogens with zero attached hydrogens (tertiary/aromatic N) is 1. The van der Waals surface area contributed by atoms with Crippen molar-refractivity contribution in [2.75, 3.05) is 24.5 Å². The van der Waals surface area contributed by atoms with Gasteiger partial charge in [0.05, 0.1) is 0 Å². The summed E-state index contributed by atoms with van der Waals surface area (Å²) in [5.74, 6) is 0.616. The second kappa shape index (κ2) is 3.49. The van der Waals surface area contributed by atoms with E-state index in [1.807, 2.05) is 6.07 Å². The molecule has 1 aromatic rings. The van der Waals surface area contributed by atoms with Crippen LogP contribution in [-0.4, -0.2) is 25.7 Å². The van der Waals surface area contributed by atoms with Crippen LogP contribution in [0.2, 0.25) is 0 Å². The highest BCUT2D eigenvalue weighted by Gasteiger charge is 2.35. The van der Waals surface area contributed by atoms with Gasteiger partial charge in [-0.05, 0) is 37.1 Å². The van der Waals surface area contributed by atoms with Crippen molar-refractivity contribution < 1.29 is 4.39 Å². The lowest BCUT2D eigenvalue weighted by Crippen LogP contribution is -2.30. The van der Waals surface area contributed by atoms with E-state index in [-0.39, 0.29) is 5.82 Å². The Hall–Kier alpha value is -1.09. The zero-order chi connectivity index (χ0) is 10.3. The average Bonchev–Trinajstić information content (AvgIpc) is 2.76. The molecule has 3 rings (SSSR count). The summed E-state index contributed by atoms with van der Waals surface area (Å²) < 4.78 is 13.1. The van der Waals surface area contributed by atoms with Crippen LogP contribution in [0.1, 0.15) is 6.42 Å². The van der Waals surface area contributed by atoms with Crippen LogP contribution in [0.25, 0.3) is 0 Å². The summed E-state index contributed by atoms with van der Waals surface area (Å²) in [6.45, 7) is 3.24. The standard InChI is InChI=1S/C12H15FN2/c13-10-2-1-3-11(6-10)15-7-9-4-5-14-12(9)8-15/h1-3,6,9,12,14H,4-5,7-8H2/t9-,12+/m1/s1. The lowest BCUT2D eigenvalue weighted by molar-refractivity contribution is 0.556. The third-order valence-corrected chi connectivity index (χ3v) is 3.54. The quantitative estimate of drug-likeness (QED) is 0.751. The van der Waals surface area contributed by atoms with Crippen molar-refractivity contribution >= 4 is 5.69 Å². The molecule has 1 N–H and O–H groups in total. The Morgan fingerprint density at radius 2 is 2.27 bits per heavy atom. The number of anilines is 1. The highest BCUT2D eigenvalue weighted by atomic mass is 19.1. The van der Waals surface area contributed by atoms with E-state index >= 15 is 0 Å². The Kier molecular flexibility index (Phi) is 2.13. The van der Waals surface area contributed by atoms with E-state index in [0.717, 1.165) is 31.2 Å².